The molecule has 2 nitrogen and oxygen atoms in total. The van der Waals surface area contributed by atoms with Gasteiger partial charge in [0.2, 0.25) is 0 Å². The van der Waals surface area contributed by atoms with Crippen LogP contribution in [-0.4, -0.2) is 0 Å². The Kier molecular flexibility index (Phi) is 4.18. The molecule has 0 atom stereocenters. The van der Waals surface area contributed by atoms with Gasteiger partial charge in [0, 0.05) is 27.9 Å². The third kappa shape index (κ3) is 2.96. The smallest absolute Gasteiger partial charge is 0.138 e. The van der Waals surface area contributed by atoms with E-state index in [0.717, 1.165) is 22.5 Å². The van der Waals surface area contributed by atoms with E-state index in [2.05, 4.69) is 121 Å². The molecule has 1 aromatic heterocycles. The third-order valence-electron chi connectivity index (χ3n) is 6.64. The van der Waals surface area contributed by atoms with Crippen molar-refractivity contribution < 1.29 is 4.42 Å². The predicted octanol–water partition coefficient (Wildman–Crippen LogP) is 9.30. The highest BCUT2D eigenvalue weighted by molar-refractivity contribution is 6.28. The first-order chi connectivity index (χ1) is 16.8. The summed E-state index contributed by atoms with van der Waals surface area (Å²) in [6, 6.07) is 42.5. The van der Waals surface area contributed by atoms with Gasteiger partial charge in [-0.25, -0.2) is 0 Å². The fourth-order valence-electron chi connectivity index (χ4n) is 5.04. The lowest BCUT2D eigenvalue weighted by Gasteiger charge is -2.12. The number of anilines is 2. The maximum absolute atomic E-state index is 6.38. The van der Waals surface area contributed by atoms with Gasteiger partial charge in [-0.3, -0.25) is 0 Å². The second-order valence-electron chi connectivity index (χ2n) is 8.67. The molecule has 2 heteroatoms. The van der Waals surface area contributed by atoms with Gasteiger partial charge in [-0.15, -0.1) is 0 Å². The van der Waals surface area contributed by atoms with E-state index in [1.807, 2.05) is 6.07 Å². The Labute approximate surface area is 197 Å². The highest BCUT2D eigenvalue weighted by atomic mass is 16.3. The first-order valence-electron chi connectivity index (χ1n) is 11.5. The first-order valence-corrected chi connectivity index (χ1v) is 11.5. The zero-order valence-corrected chi connectivity index (χ0v) is 18.5. The molecular formula is C32H21NO. The molecule has 0 saturated heterocycles. The molecule has 6 aromatic carbocycles. The first kappa shape index (κ1) is 19.0. The van der Waals surface area contributed by atoms with Crippen molar-refractivity contribution in [1.29, 1.82) is 0 Å². The van der Waals surface area contributed by atoms with Gasteiger partial charge in [0.15, 0.2) is 0 Å². The van der Waals surface area contributed by atoms with Crippen LogP contribution < -0.4 is 5.32 Å². The van der Waals surface area contributed by atoms with Crippen molar-refractivity contribution in [2.45, 2.75) is 0 Å². The number of benzene rings is 6. The largest absolute Gasteiger partial charge is 0.456 e. The Morgan fingerprint density at radius 1 is 0.471 bits per heavy atom. The van der Waals surface area contributed by atoms with Gasteiger partial charge >= 0.3 is 0 Å². The molecule has 0 fully saturated rings. The number of hydrogen-bond donors (Lipinski definition) is 1. The van der Waals surface area contributed by atoms with Crippen LogP contribution in [0, 0.1) is 0 Å². The van der Waals surface area contributed by atoms with Crippen LogP contribution >= 0.6 is 0 Å². The van der Waals surface area contributed by atoms with Gasteiger partial charge in [-0.1, -0.05) is 97.1 Å². The maximum atomic E-state index is 6.38. The van der Waals surface area contributed by atoms with E-state index in [-0.39, 0.29) is 0 Å². The quantitative estimate of drug-likeness (QED) is 0.299. The van der Waals surface area contributed by atoms with Gasteiger partial charge in [-0.05, 0) is 45.5 Å². The van der Waals surface area contributed by atoms with Crippen molar-refractivity contribution in [3.05, 3.63) is 121 Å². The molecular weight excluding hydrogens is 414 g/mol. The van der Waals surface area contributed by atoms with Crippen LogP contribution in [0.15, 0.2) is 126 Å². The van der Waals surface area contributed by atoms with Gasteiger partial charge in [0.1, 0.15) is 11.2 Å². The monoisotopic (exact) mass is 435 g/mol. The zero-order chi connectivity index (χ0) is 22.5. The van der Waals surface area contributed by atoms with E-state index in [1.54, 1.807) is 0 Å². The second kappa shape index (κ2) is 7.50. The lowest BCUT2D eigenvalue weighted by atomic mass is 9.98. The van der Waals surface area contributed by atoms with Crippen LogP contribution in [0.4, 0.5) is 11.4 Å². The molecule has 7 rings (SSSR count). The van der Waals surface area contributed by atoms with E-state index >= 15 is 0 Å². The normalized spacial score (nSPS) is 11.5. The molecule has 0 unspecified atom stereocenters. The zero-order valence-electron chi connectivity index (χ0n) is 18.5. The molecule has 7 aromatic rings. The summed E-state index contributed by atoms with van der Waals surface area (Å²) in [6.07, 6.45) is 0. The Morgan fingerprint density at radius 2 is 1.12 bits per heavy atom. The van der Waals surface area contributed by atoms with E-state index in [9.17, 15) is 0 Å². The van der Waals surface area contributed by atoms with Crippen molar-refractivity contribution in [1.82, 2.24) is 0 Å². The molecule has 0 aliphatic heterocycles. The summed E-state index contributed by atoms with van der Waals surface area (Å²) in [5.41, 5.74) is 6.33. The van der Waals surface area contributed by atoms with Crippen molar-refractivity contribution in [3.8, 4) is 11.1 Å². The molecule has 0 aliphatic carbocycles. The van der Waals surface area contributed by atoms with Crippen molar-refractivity contribution in [2.24, 2.45) is 0 Å². The van der Waals surface area contributed by atoms with E-state index in [1.165, 1.54) is 43.4 Å². The summed E-state index contributed by atoms with van der Waals surface area (Å²) in [5.74, 6) is 0. The number of furan rings is 1. The van der Waals surface area contributed by atoms with Gasteiger partial charge in [0.25, 0.3) is 0 Å². The minimum Gasteiger partial charge on any atom is -0.456 e. The summed E-state index contributed by atoms with van der Waals surface area (Å²) in [6.45, 7) is 0. The Balaban J connectivity index is 1.40. The van der Waals surface area contributed by atoms with Gasteiger partial charge in [0.05, 0.1) is 5.69 Å². The van der Waals surface area contributed by atoms with Gasteiger partial charge in [-0.2, -0.15) is 0 Å². The average molecular weight is 436 g/mol. The average Bonchev–Trinajstić information content (AvgIpc) is 3.29. The lowest BCUT2D eigenvalue weighted by Crippen LogP contribution is -1.92. The third-order valence-corrected chi connectivity index (χ3v) is 6.64. The SMILES string of the molecule is c1ccc(-c2ccc(Nc3cc4oc5ccc6ccccc6c5c4c4ccccc34)cc2)cc1. The molecule has 34 heavy (non-hydrogen) atoms. The standard InChI is InChI=1S/C32H21NO/c1-2-8-21(9-3-1)22-14-17-24(18-15-22)33-28-20-30-32(27-13-7-6-12-26(27)28)31-25-11-5-4-10-23(25)16-19-29(31)34-30/h1-20,33H. The molecule has 0 saturated carbocycles. The summed E-state index contributed by atoms with van der Waals surface area (Å²) in [4.78, 5) is 0. The second-order valence-corrected chi connectivity index (χ2v) is 8.67. The Bertz CT molecular complexity index is 1810. The molecule has 0 radical (unpaired) electrons. The van der Waals surface area contributed by atoms with Crippen LogP contribution in [0.3, 0.4) is 0 Å². The van der Waals surface area contributed by atoms with Crippen LogP contribution in [-0.2, 0) is 0 Å². The molecule has 1 heterocycles. The minimum absolute atomic E-state index is 0.897. The van der Waals surface area contributed by atoms with Crippen LogP contribution in [0.2, 0.25) is 0 Å². The lowest BCUT2D eigenvalue weighted by molar-refractivity contribution is 0.669. The van der Waals surface area contributed by atoms with Crippen LogP contribution in [0.5, 0.6) is 0 Å². The van der Waals surface area contributed by atoms with Crippen molar-refractivity contribution in [2.75, 3.05) is 5.32 Å². The minimum atomic E-state index is 0.897. The van der Waals surface area contributed by atoms with Crippen molar-refractivity contribution in [3.63, 3.8) is 0 Å². The van der Waals surface area contributed by atoms with E-state index < -0.39 is 0 Å². The molecule has 0 spiro atoms. The molecule has 0 aliphatic rings. The Hall–Kier alpha value is -4.56. The molecule has 0 bridgehead atoms. The highest BCUT2D eigenvalue weighted by Gasteiger charge is 2.16. The highest BCUT2D eigenvalue weighted by Crippen LogP contribution is 2.41. The number of fused-ring (bicyclic) bond motifs is 7. The summed E-state index contributed by atoms with van der Waals surface area (Å²) in [5, 5.41) is 10.8. The van der Waals surface area contributed by atoms with Crippen LogP contribution in [0.1, 0.15) is 0 Å². The molecule has 0 amide bonds. The van der Waals surface area contributed by atoms with Gasteiger partial charge < -0.3 is 9.73 Å². The fraction of sp³-hybridized carbons (Fsp3) is 0. The topological polar surface area (TPSA) is 25.2 Å². The number of rotatable bonds is 3. The van der Waals surface area contributed by atoms with Crippen molar-refractivity contribution >= 4 is 54.9 Å². The summed E-state index contributed by atoms with van der Waals surface area (Å²) in [7, 11) is 0. The fourth-order valence-corrected chi connectivity index (χ4v) is 5.04. The number of hydrogen-bond acceptors (Lipinski definition) is 2. The van der Waals surface area contributed by atoms with E-state index in [4.69, 9.17) is 4.42 Å². The molecule has 160 valence electrons. The summed E-state index contributed by atoms with van der Waals surface area (Å²) >= 11 is 0. The summed E-state index contributed by atoms with van der Waals surface area (Å²) < 4.78 is 6.38. The Morgan fingerprint density at radius 3 is 1.94 bits per heavy atom. The number of nitrogens with one attached hydrogen (secondary N) is 1. The van der Waals surface area contributed by atoms with Crippen LogP contribution in [0.25, 0.3) is 54.6 Å². The maximum Gasteiger partial charge on any atom is 0.138 e. The van der Waals surface area contributed by atoms with E-state index in [0.29, 0.717) is 0 Å². The molecule has 1 N–H and O–H groups in total. The predicted molar refractivity (Wildman–Crippen MR) is 144 cm³/mol.